The Balaban J connectivity index is 4.34. The van der Waals surface area contributed by atoms with Crippen LogP contribution >= 0.6 is 0 Å². The van der Waals surface area contributed by atoms with E-state index in [4.69, 9.17) is 14.2 Å². The van der Waals surface area contributed by atoms with Gasteiger partial charge in [0.25, 0.3) is 0 Å². The van der Waals surface area contributed by atoms with Crippen LogP contribution in [-0.2, 0) is 28.6 Å². The van der Waals surface area contributed by atoms with E-state index in [1.165, 1.54) is 77.0 Å². The zero-order valence-electron chi connectivity index (χ0n) is 39.6. The van der Waals surface area contributed by atoms with Gasteiger partial charge in [-0.1, -0.05) is 176 Å². The summed E-state index contributed by atoms with van der Waals surface area (Å²) in [5.41, 5.74) is 0. The molecular weight excluding hydrogens is 763 g/mol. The Hall–Kier alpha value is -3.49. The molecular formula is C53H90NO7+. The van der Waals surface area contributed by atoms with Crippen LogP contribution < -0.4 is 0 Å². The monoisotopic (exact) mass is 853 g/mol. The number of rotatable bonds is 42. The number of hydrogen-bond donors (Lipinski definition) is 1. The van der Waals surface area contributed by atoms with Gasteiger partial charge < -0.3 is 23.8 Å². The standard InChI is InChI=1S/C53H89NO7/c1-6-8-10-12-14-16-18-20-22-24-25-26-27-28-30-31-33-35-37-39-41-43-51(55)60-48-49(47-59-46-45-50(53(57)58)54(3,4)5)61-52(56)44-42-40-38-36-34-32-29-23-21-19-17-15-13-11-9-7-2/h8-11,14-17,21,23,32,34,38,40,49-50H,6-7,12-13,18-20,22,24-31,33,35-37,39,41-48H2,1-5H3/p+1/b10-8+,11-9+,16-14+,17-15+,23-21+,34-32+,40-38+. The van der Waals surface area contributed by atoms with Crippen molar-refractivity contribution in [3.05, 3.63) is 85.1 Å². The van der Waals surface area contributed by atoms with E-state index in [9.17, 15) is 19.5 Å². The Morgan fingerprint density at radius 1 is 0.492 bits per heavy atom. The third kappa shape index (κ3) is 41.6. The third-order valence-corrected chi connectivity index (χ3v) is 10.3. The van der Waals surface area contributed by atoms with E-state index in [-0.39, 0.29) is 42.7 Å². The Morgan fingerprint density at radius 2 is 0.902 bits per heavy atom. The van der Waals surface area contributed by atoms with Crippen molar-refractivity contribution in [2.45, 2.75) is 193 Å². The average molecular weight is 853 g/mol. The van der Waals surface area contributed by atoms with Gasteiger partial charge in [-0.25, -0.2) is 4.79 Å². The number of nitrogens with zero attached hydrogens (tertiary/aromatic N) is 1. The van der Waals surface area contributed by atoms with Crippen LogP contribution in [0.25, 0.3) is 0 Å². The minimum absolute atomic E-state index is 0.0278. The van der Waals surface area contributed by atoms with Gasteiger partial charge in [-0.2, -0.15) is 0 Å². The van der Waals surface area contributed by atoms with Gasteiger partial charge in [0, 0.05) is 19.3 Å². The second-order valence-electron chi connectivity index (χ2n) is 17.0. The summed E-state index contributed by atoms with van der Waals surface area (Å²) in [5, 5.41) is 9.64. The summed E-state index contributed by atoms with van der Waals surface area (Å²) >= 11 is 0. The Bertz CT molecular complexity index is 1270. The lowest BCUT2D eigenvalue weighted by Crippen LogP contribution is -2.50. The van der Waals surface area contributed by atoms with E-state index < -0.39 is 18.1 Å². The van der Waals surface area contributed by atoms with Gasteiger partial charge in [0.2, 0.25) is 0 Å². The number of carboxylic acid groups (broad SMARTS) is 1. The fourth-order valence-electron chi connectivity index (χ4n) is 6.65. The fourth-order valence-corrected chi connectivity index (χ4v) is 6.65. The minimum Gasteiger partial charge on any atom is -0.477 e. The summed E-state index contributed by atoms with van der Waals surface area (Å²) in [6, 6.07) is -0.631. The smallest absolute Gasteiger partial charge is 0.362 e. The largest absolute Gasteiger partial charge is 0.477 e. The summed E-state index contributed by atoms with van der Waals surface area (Å²) in [6.45, 7) is 4.44. The summed E-state index contributed by atoms with van der Waals surface area (Å²) in [7, 11) is 5.50. The maximum Gasteiger partial charge on any atom is 0.362 e. The average Bonchev–Trinajstić information content (AvgIpc) is 3.22. The Labute approximate surface area is 373 Å². The highest BCUT2D eigenvalue weighted by atomic mass is 16.6. The molecule has 0 aromatic heterocycles. The van der Waals surface area contributed by atoms with E-state index >= 15 is 0 Å². The lowest BCUT2D eigenvalue weighted by Gasteiger charge is -2.31. The van der Waals surface area contributed by atoms with Gasteiger partial charge in [0.1, 0.15) is 6.61 Å². The molecule has 0 saturated heterocycles. The third-order valence-electron chi connectivity index (χ3n) is 10.3. The fraction of sp³-hybridized carbons (Fsp3) is 0.679. The minimum atomic E-state index is -0.888. The second kappa shape index (κ2) is 43.2. The van der Waals surface area contributed by atoms with Crippen LogP contribution in [0.4, 0.5) is 0 Å². The first kappa shape index (κ1) is 57.5. The van der Waals surface area contributed by atoms with E-state index in [1.807, 2.05) is 33.3 Å². The molecule has 0 radical (unpaired) electrons. The van der Waals surface area contributed by atoms with Crippen molar-refractivity contribution in [1.29, 1.82) is 0 Å². The van der Waals surface area contributed by atoms with Crippen molar-refractivity contribution in [2.24, 2.45) is 0 Å². The van der Waals surface area contributed by atoms with E-state index in [1.54, 1.807) is 0 Å². The van der Waals surface area contributed by atoms with Gasteiger partial charge in [-0.05, 0) is 70.6 Å². The van der Waals surface area contributed by atoms with Crippen LogP contribution in [0.3, 0.4) is 0 Å². The molecule has 0 bridgehead atoms. The number of unbranched alkanes of at least 4 members (excludes halogenated alkanes) is 14. The van der Waals surface area contributed by atoms with E-state index in [0.29, 0.717) is 19.3 Å². The molecule has 0 aromatic carbocycles. The van der Waals surface area contributed by atoms with Crippen LogP contribution in [0.15, 0.2) is 85.1 Å². The first-order valence-corrected chi connectivity index (χ1v) is 24.1. The number of likely N-dealkylation sites (N-methyl/N-ethyl adjacent to an activating group) is 1. The van der Waals surface area contributed by atoms with Gasteiger partial charge in [-0.3, -0.25) is 9.59 Å². The second-order valence-corrected chi connectivity index (χ2v) is 17.0. The quantitative estimate of drug-likeness (QED) is 0.0283. The molecule has 0 rings (SSSR count). The van der Waals surface area contributed by atoms with Crippen molar-refractivity contribution in [3.63, 3.8) is 0 Å². The molecule has 61 heavy (non-hydrogen) atoms. The maximum atomic E-state index is 12.7. The van der Waals surface area contributed by atoms with Gasteiger partial charge in [0.15, 0.2) is 12.1 Å². The van der Waals surface area contributed by atoms with Crippen molar-refractivity contribution >= 4 is 17.9 Å². The van der Waals surface area contributed by atoms with Crippen LogP contribution in [-0.4, -0.2) is 80.6 Å². The van der Waals surface area contributed by atoms with Crippen molar-refractivity contribution in [1.82, 2.24) is 0 Å². The molecule has 0 spiro atoms. The molecule has 0 aromatic rings. The van der Waals surface area contributed by atoms with Crippen molar-refractivity contribution in [2.75, 3.05) is 41.0 Å². The molecule has 2 unspecified atom stereocenters. The number of quaternary nitrogens is 1. The number of allylic oxidation sites excluding steroid dienone is 14. The summed E-state index contributed by atoms with van der Waals surface area (Å²) in [6.07, 6.45) is 56.5. The molecule has 0 aliphatic rings. The molecule has 0 fully saturated rings. The normalized spacial score (nSPS) is 13.7. The lowest BCUT2D eigenvalue weighted by atomic mass is 10.0. The van der Waals surface area contributed by atoms with Gasteiger partial charge in [-0.15, -0.1) is 0 Å². The topological polar surface area (TPSA) is 99.1 Å². The molecule has 8 nitrogen and oxygen atoms in total. The van der Waals surface area contributed by atoms with Gasteiger partial charge >= 0.3 is 17.9 Å². The van der Waals surface area contributed by atoms with Crippen molar-refractivity contribution < 1.29 is 38.2 Å². The Kier molecular flexibility index (Phi) is 40.7. The molecule has 0 heterocycles. The molecule has 8 heteroatoms. The molecule has 2 atom stereocenters. The highest BCUT2D eigenvalue weighted by Gasteiger charge is 2.31. The number of carbonyl (C=O) groups excluding carboxylic acids is 2. The van der Waals surface area contributed by atoms with E-state index in [0.717, 1.165) is 64.2 Å². The number of esters is 2. The molecule has 0 aliphatic heterocycles. The number of carbonyl (C=O) groups is 3. The van der Waals surface area contributed by atoms with E-state index in [2.05, 4.69) is 86.8 Å². The summed E-state index contributed by atoms with van der Waals surface area (Å²) in [4.78, 5) is 37.0. The zero-order chi connectivity index (χ0) is 44.9. The molecule has 1 N–H and O–H groups in total. The predicted octanol–water partition coefficient (Wildman–Crippen LogP) is 13.7. The first-order chi connectivity index (χ1) is 29.6. The molecule has 348 valence electrons. The molecule has 0 saturated carbocycles. The van der Waals surface area contributed by atoms with Crippen LogP contribution in [0.5, 0.6) is 0 Å². The molecule has 0 amide bonds. The maximum absolute atomic E-state index is 12.7. The van der Waals surface area contributed by atoms with Gasteiger partial charge in [0.05, 0.1) is 34.4 Å². The Morgan fingerprint density at radius 3 is 1.34 bits per heavy atom. The number of hydrogen-bond acceptors (Lipinski definition) is 6. The zero-order valence-corrected chi connectivity index (χ0v) is 39.6. The summed E-state index contributed by atoms with van der Waals surface area (Å²) < 4.78 is 17.2. The highest BCUT2D eigenvalue weighted by Crippen LogP contribution is 2.15. The predicted molar refractivity (Wildman–Crippen MR) is 256 cm³/mol. The highest BCUT2D eigenvalue weighted by molar-refractivity contribution is 5.72. The number of aliphatic carboxylic acids is 1. The van der Waals surface area contributed by atoms with Crippen LogP contribution in [0, 0.1) is 0 Å². The number of ether oxygens (including phenoxy) is 3. The first-order valence-electron chi connectivity index (χ1n) is 24.1. The lowest BCUT2D eigenvalue weighted by molar-refractivity contribution is -0.887. The summed E-state index contributed by atoms with van der Waals surface area (Å²) in [5.74, 6) is -1.58. The van der Waals surface area contributed by atoms with Crippen molar-refractivity contribution in [3.8, 4) is 0 Å². The molecule has 0 aliphatic carbocycles. The number of carboxylic acids is 1. The van der Waals surface area contributed by atoms with Crippen LogP contribution in [0.1, 0.15) is 181 Å². The SMILES string of the molecule is CC/C=C/C/C=C/C/C=C/C/C=C/C/C=C/CCC(=O)OC(COCCC(C(=O)O)[N+](C)(C)C)COC(=O)CCCCCCCCCCCCCCCC/C=C/C/C=C/CC. The van der Waals surface area contributed by atoms with Crippen LogP contribution in [0.2, 0.25) is 0 Å².